The third kappa shape index (κ3) is 2.72. The molecule has 2 N–H and O–H groups in total. The minimum atomic E-state index is -0.332. The summed E-state index contributed by atoms with van der Waals surface area (Å²) >= 11 is 1.84. The molecule has 2 aliphatic rings. The van der Waals surface area contributed by atoms with Crippen molar-refractivity contribution in [1.82, 2.24) is 10.6 Å². The van der Waals surface area contributed by atoms with Crippen molar-refractivity contribution in [3.63, 3.8) is 0 Å². The van der Waals surface area contributed by atoms with Crippen LogP contribution in [0.25, 0.3) is 10.4 Å². The van der Waals surface area contributed by atoms with E-state index >= 15 is 0 Å². The molecule has 24 heavy (non-hydrogen) atoms. The summed E-state index contributed by atoms with van der Waals surface area (Å²) in [5.74, 6) is -0.205. The van der Waals surface area contributed by atoms with Gasteiger partial charge in [0.1, 0.15) is 0 Å². The van der Waals surface area contributed by atoms with Gasteiger partial charge in [0, 0.05) is 41.5 Å². The molecule has 3 heterocycles. The van der Waals surface area contributed by atoms with Crippen molar-refractivity contribution in [3.8, 4) is 10.4 Å². The van der Waals surface area contributed by atoms with Crippen LogP contribution in [0.3, 0.4) is 0 Å². The molecule has 2 aliphatic heterocycles. The molecule has 0 saturated carbocycles. The highest BCUT2D eigenvalue weighted by Crippen LogP contribution is 2.36. The van der Waals surface area contributed by atoms with E-state index in [1.54, 1.807) is 4.90 Å². The first-order valence-electron chi connectivity index (χ1n) is 8.16. The number of thiophene rings is 1. The number of fused-ring (bicyclic) bond motifs is 1. The maximum absolute atomic E-state index is 12.2. The number of urea groups is 1. The predicted octanol–water partition coefficient (Wildman–Crippen LogP) is 2.82. The Morgan fingerprint density at radius 2 is 2.04 bits per heavy atom. The maximum Gasteiger partial charge on any atom is 0.328 e. The van der Waals surface area contributed by atoms with Gasteiger partial charge in [-0.25, -0.2) is 4.79 Å². The molecule has 0 atom stereocenters. The van der Waals surface area contributed by atoms with Gasteiger partial charge in [0.15, 0.2) is 0 Å². The van der Waals surface area contributed by atoms with Gasteiger partial charge in [-0.15, -0.1) is 11.3 Å². The van der Waals surface area contributed by atoms with Gasteiger partial charge in [-0.1, -0.05) is 12.1 Å². The number of amides is 3. The summed E-state index contributed by atoms with van der Waals surface area (Å²) in [6, 6.07) is 8.14. The lowest BCUT2D eigenvalue weighted by Gasteiger charge is -2.28. The molecule has 124 valence electrons. The Balaban J connectivity index is 1.70. The number of imide groups is 1. The molecule has 1 fully saturated rings. The lowest BCUT2D eigenvalue weighted by Crippen LogP contribution is -2.49. The number of carbonyl (C=O) groups is 2. The first-order valence-corrected chi connectivity index (χ1v) is 8.98. The SMILES string of the molecule is Cc1ccc(-c2cc3c(s2)CCNC3)cc1N1CCC(=O)NC1=O. The minimum Gasteiger partial charge on any atom is -0.312 e. The maximum atomic E-state index is 12.2. The Morgan fingerprint density at radius 3 is 2.83 bits per heavy atom. The van der Waals surface area contributed by atoms with Crippen molar-refractivity contribution in [2.75, 3.05) is 18.0 Å². The van der Waals surface area contributed by atoms with Crippen molar-refractivity contribution in [3.05, 3.63) is 40.3 Å². The first-order chi connectivity index (χ1) is 11.6. The van der Waals surface area contributed by atoms with E-state index in [-0.39, 0.29) is 11.9 Å². The molecular weight excluding hydrogens is 322 g/mol. The van der Waals surface area contributed by atoms with Gasteiger partial charge in [0.25, 0.3) is 0 Å². The molecule has 1 aromatic carbocycles. The zero-order chi connectivity index (χ0) is 16.7. The van der Waals surface area contributed by atoms with Crippen molar-refractivity contribution < 1.29 is 9.59 Å². The molecular formula is C18H19N3O2S. The summed E-state index contributed by atoms with van der Waals surface area (Å²) in [4.78, 5) is 27.9. The molecule has 0 radical (unpaired) electrons. The van der Waals surface area contributed by atoms with Gasteiger partial charge >= 0.3 is 6.03 Å². The Morgan fingerprint density at radius 1 is 1.17 bits per heavy atom. The average molecular weight is 341 g/mol. The van der Waals surface area contributed by atoms with Crippen LogP contribution < -0.4 is 15.5 Å². The Labute approximate surface area is 144 Å². The molecule has 3 amide bonds. The highest BCUT2D eigenvalue weighted by atomic mass is 32.1. The molecule has 4 rings (SSSR count). The van der Waals surface area contributed by atoms with E-state index in [1.807, 2.05) is 24.3 Å². The van der Waals surface area contributed by atoms with Gasteiger partial charge in [-0.05, 0) is 42.2 Å². The van der Waals surface area contributed by atoms with Crippen LogP contribution >= 0.6 is 11.3 Å². The molecule has 6 heteroatoms. The second-order valence-corrected chi connectivity index (χ2v) is 7.38. The van der Waals surface area contributed by atoms with E-state index in [4.69, 9.17) is 0 Å². The zero-order valence-corrected chi connectivity index (χ0v) is 14.3. The molecule has 5 nitrogen and oxygen atoms in total. The van der Waals surface area contributed by atoms with Crippen molar-refractivity contribution in [2.45, 2.75) is 26.3 Å². The molecule has 0 bridgehead atoms. The summed E-state index contributed by atoms with van der Waals surface area (Å²) in [7, 11) is 0. The molecule has 0 aliphatic carbocycles. The third-order valence-corrected chi connectivity index (χ3v) is 5.87. The van der Waals surface area contributed by atoms with E-state index in [0.29, 0.717) is 13.0 Å². The van der Waals surface area contributed by atoms with Gasteiger partial charge in [0.2, 0.25) is 5.91 Å². The molecule has 1 saturated heterocycles. The lowest BCUT2D eigenvalue weighted by molar-refractivity contribution is -0.120. The normalized spacial score (nSPS) is 17.6. The van der Waals surface area contributed by atoms with Crippen molar-refractivity contribution in [1.29, 1.82) is 0 Å². The van der Waals surface area contributed by atoms with Crippen LogP contribution in [-0.4, -0.2) is 25.0 Å². The van der Waals surface area contributed by atoms with Crippen LogP contribution in [0.2, 0.25) is 0 Å². The molecule has 0 spiro atoms. The zero-order valence-electron chi connectivity index (χ0n) is 13.5. The fourth-order valence-corrected chi connectivity index (χ4v) is 4.42. The quantitative estimate of drug-likeness (QED) is 0.883. The van der Waals surface area contributed by atoms with Gasteiger partial charge in [-0.3, -0.25) is 15.0 Å². The lowest BCUT2D eigenvalue weighted by atomic mass is 10.1. The summed E-state index contributed by atoms with van der Waals surface area (Å²) < 4.78 is 0. The van der Waals surface area contributed by atoms with Crippen LogP contribution in [0.15, 0.2) is 24.3 Å². The first kappa shape index (κ1) is 15.4. The fraction of sp³-hybridized carbons (Fsp3) is 0.333. The molecule has 2 aromatic rings. The van der Waals surface area contributed by atoms with Gasteiger partial charge in [-0.2, -0.15) is 0 Å². The largest absolute Gasteiger partial charge is 0.328 e. The number of anilines is 1. The number of hydrogen-bond acceptors (Lipinski definition) is 4. The van der Waals surface area contributed by atoms with E-state index in [1.165, 1.54) is 15.3 Å². The van der Waals surface area contributed by atoms with Crippen LogP contribution in [0, 0.1) is 6.92 Å². The monoisotopic (exact) mass is 341 g/mol. The van der Waals surface area contributed by atoms with E-state index in [9.17, 15) is 9.59 Å². The van der Waals surface area contributed by atoms with E-state index in [2.05, 4.69) is 28.8 Å². The number of aryl methyl sites for hydroxylation is 1. The topological polar surface area (TPSA) is 61.4 Å². The molecule has 0 unspecified atom stereocenters. The van der Waals surface area contributed by atoms with Crippen molar-refractivity contribution in [2.24, 2.45) is 0 Å². The highest BCUT2D eigenvalue weighted by Gasteiger charge is 2.25. The smallest absolute Gasteiger partial charge is 0.312 e. The van der Waals surface area contributed by atoms with E-state index in [0.717, 1.165) is 36.3 Å². The number of hydrogen-bond donors (Lipinski definition) is 2. The number of benzene rings is 1. The Hall–Kier alpha value is -2.18. The van der Waals surface area contributed by atoms with Gasteiger partial charge in [0.05, 0.1) is 0 Å². The second-order valence-electron chi connectivity index (χ2n) is 6.24. The number of rotatable bonds is 2. The Bertz CT molecular complexity index is 804. The number of carbonyl (C=O) groups excluding carboxylic acids is 2. The van der Waals surface area contributed by atoms with Crippen LogP contribution in [0.4, 0.5) is 10.5 Å². The van der Waals surface area contributed by atoms with Crippen LogP contribution in [0.1, 0.15) is 22.4 Å². The average Bonchev–Trinajstić information content (AvgIpc) is 3.00. The van der Waals surface area contributed by atoms with E-state index < -0.39 is 0 Å². The third-order valence-electron chi connectivity index (χ3n) is 4.58. The summed E-state index contributed by atoms with van der Waals surface area (Å²) in [6.45, 7) is 4.39. The van der Waals surface area contributed by atoms with Crippen LogP contribution in [0.5, 0.6) is 0 Å². The number of nitrogens with one attached hydrogen (secondary N) is 2. The van der Waals surface area contributed by atoms with Gasteiger partial charge < -0.3 is 5.32 Å². The second kappa shape index (κ2) is 6.03. The predicted molar refractivity (Wildman–Crippen MR) is 95.4 cm³/mol. The summed E-state index contributed by atoms with van der Waals surface area (Å²) in [5, 5.41) is 5.80. The standard InChI is InChI=1S/C18H19N3O2S/c1-11-2-3-12(16-9-13-10-19-6-4-15(13)24-16)8-14(11)21-7-5-17(22)20-18(21)23/h2-3,8-9,19H,4-7,10H2,1H3,(H,20,22,23). The summed E-state index contributed by atoms with van der Waals surface area (Å²) in [6.07, 6.45) is 1.42. The minimum absolute atomic E-state index is 0.205. The fourth-order valence-electron chi connectivity index (χ4n) is 3.24. The Kier molecular flexibility index (Phi) is 3.86. The summed E-state index contributed by atoms with van der Waals surface area (Å²) in [5.41, 5.74) is 4.41. The highest BCUT2D eigenvalue weighted by molar-refractivity contribution is 7.15. The molecule has 1 aromatic heterocycles. The van der Waals surface area contributed by atoms with Crippen LogP contribution in [-0.2, 0) is 17.8 Å². The van der Waals surface area contributed by atoms with Crippen molar-refractivity contribution >= 4 is 29.0 Å². The number of nitrogens with zero attached hydrogens (tertiary/aromatic N) is 1.